The van der Waals surface area contributed by atoms with E-state index in [1.54, 1.807) is 54.6 Å². The summed E-state index contributed by atoms with van der Waals surface area (Å²) in [5.41, 5.74) is 8.74. The van der Waals surface area contributed by atoms with Gasteiger partial charge in [0.2, 0.25) is 11.3 Å². The minimum absolute atomic E-state index is 0.0496. The lowest BCUT2D eigenvalue weighted by Gasteiger charge is -2.02. The quantitative estimate of drug-likeness (QED) is 0.572. The lowest BCUT2D eigenvalue weighted by atomic mass is 10.2. The van der Waals surface area contributed by atoms with Crippen LogP contribution in [0.3, 0.4) is 0 Å². The smallest absolute Gasteiger partial charge is 0.271 e. The second-order valence-corrected chi connectivity index (χ2v) is 4.77. The topological polar surface area (TPSA) is 97.7 Å². The van der Waals surface area contributed by atoms with Gasteiger partial charge in [0.05, 0.1) is 11.6 Å². The molecule has 0 saturated heterocycles. The van der Waals surface area contributed by atoms with E-state index in [-0.39, 0.29) is 22.8 Å². The third kappa shape index (κ3) is 2.96. The van der Waals surface area contributed by atoms with Crippen LogP contribution in [-0.2, 0) is 0 Å². The molecule has 0 atom stereocenters. The van der Waals surface area contributed by atoms with Crippen LogP contribution in [0.15, 0.2) is 68.9 Å². The first kappa shape index (κ1) is 14.5. The molecule has 114 valence electrons. The highest BCUT2D eigenvalue weighted by Crippen LogP contribution is 2.15. The zero-order valence-corrected chi connectivity index (χ0v) is 12.0. The summed E-state index contributed by atoms with van der Waals surface area (Å²) in [6.45, 7) is 0. The molecule has 6 heteroatoms. The lowest BCUT2D eigenvalue weighted by Crippen LogP contribution is -2.19. The molecule has 1 aromatic heterocycles. The van der Waals surface area contributed by atoms with Crippen molar-refractivity contribution in [2.45, 2.75) is 0 Å². The standard InChI is InChI=1S/C17H13N3O3/c18-16-13(15(21)12-8-4-5-9-14(12)23-16)10-19-20-17(22)11-6-2-1-3-7-11/h1-10H,18H2,(H,20,22)/b19-10+. The van der Waals surface area contributed by atoms with Crippen LogP contribution in [0.4, 0.5) is 5.88 Å². The van der Waals surface area contributed by atoms with Crippen molar-refractivity contribution in [3.8, 4) is 0 Å². The van der Waals surface area contributed by atoms with Gasteiger partial charge in [-0.2, -0.15) is 5.10 Å². The van der Waals surface area contributed by atoms with Crippen LogP contribution < -0.4 is 16.6 Å². The van der Waals surface area contributed by atoms with Gasteiger partial charge < -0.3 is 10.2 Å². The number of amides is 1. The first-order valence-corrected chi connectivity index (χ1v) is 6.86. The third-order valence-electron chi connectivity index (χ3n) is 3.26. The van der Waals surface area contributed by atoms with E-state index in [1.807, 2.05) is 0 Å². The fourth-order valence-corrected chi connectivity index (χ4v) is 2.11. The highest BCUT2D eigenvalue weighted by molar-refractivity contribution is 5.96. The molecule has 0 fully saturated rings. The van der Waals surface area contributed by atoms with Crippen LogP contribution in [-0.4, -0.2) is 12.1 Å². The summed E-state index contributed by atoms with van der Waals surface area (Å²) in [7, 11) is 0. The number of hydrazone groups is 1. The zero-order chi connectivity index (χ0) is 16.2. The van der Waals surface area contributed by atoms with Gasteiger partial charge in [-0.15, -0.1) is 0 Å². The Labute approximate surface area is 131 Å². The summed E-state index contributed by atoms with van der Waals surface area (Å²) in [4.78, 5) is 24.2. The molecule has 0 bridgehead atoms. The van der Waals surface area contributed by atoms with Crippen molar-refractivity contribution in [1.82, 2.24) is 5.43 Å². The summed E-state index contributed by atoms with van der Waals surface area (Å²) in [5, 5.41) is 4.18. The Morgan fingerprint density at radius 1 is 1.09 bits per heavy atom. The fraction of sp³-hybridized carbons (Fsp3) is 0. The monoisotopic (exact) mass is 307 g/mol. The predicted octanol–water partition coefficient (Wildman–Crippen LogP) is 2.14. The average Bonchev–Trinajstić information content (AvgIpc) is 2.58. The maximum absolute atomic E-state index is 12.4. The molecule has 23 heavy (non-hydrogen) atoms. The molecule has 0 aliphatic heterocycles. The van der Waals surface area contributed by atoms with E-state index in [9.17, 15) is 9.59 Å². The predicted molar refractivity (Wildman–Crippen MR) is 88.4 cm³/mol. The van der Waals surface area contributed by atoms with Crippen LogP contribution in [0.1, 0.15) is 15.9 Å². The van der Waals surface area contributed by atoms with Crippen LogP contribution in [0.2, 0.25) is 0 Å². The number of hydrogen-bond donors (Lipinski definition) is 2. The van der Waals surface area contributed by atoms with Crippen LogP contribution in [0, 0.1) is 0 Å². The van der Waals surface area contributed by atoms with E-state index in [1.165, 1.54) is 6.21 Å². The Morgan fingerprint density at radius 2 is 1.78 bits per heavy atom. The molecule has 1 heterocycles. The van der Waals surface area contributed by atoms with E-state index in [2.05, 4.69) is 10.5 Å². The number of carbonyl (C=O) groups excluding carboxylic acids is 1. The first-order valence-electron chi connectivity index (χ1n) is 6.86. The zero-order valence-electron chi connectivity index (χ0n) is 12.0. The molecule has 2 aromatic carbocycles. The van der Waals surface area contributed by atoms with Crippen LogP contribution in [0.5, 0.6) is 0 Å². The summed E-state index contributed by atoms with van der Waals surface area (Å²) in [5.74, 6) is -0.433. The normalized spacial score (nSPS) is 11.0. The van der Waals surface area contributed by atoms with Crippen molar-refractivity contribution in [2.24, 2.45) is 5.10 Å². The minimum atomic E-state index is -0.384. The van der Waals surface area contributed by atoms with Crippen molar-refractivity contribution in [2.75, 3.05) is 5.73 Å². The van der Waals surface area contributed by atoms with Crippen molar-refractivity contribution in [3.05, 3.63) is 75.9 Å². The molecular weight excluding hydrogens is 294 g/mol. The highest BCUT2D eigenvalue weighted by Gasteiger charge is 2.10. The highest BCUT2D eigenvalue weighted by atomic mass is 16.3. The Hall–Kier alpha value is -3.41. The Morgan fingerprint density at radius 3 is 2.57 bits per heavy atom. The Bertz CT molecular complexity index is 946. The Balaban J connectivity index is 1.87. The van der Waals surface area contributed by atoms with Gasteiger partial charge in [0.15, 0.2) is 0 Å². The molecule has 0 aliphatic carbocycles. The van der Waals surface area contributed by atoms with Crippen LogP contribution >= 0.6 is 0 Å². The number of carbonyl (C=O) groups is 1. The van der Waals surface area contributed by atoms with Crippen molar-refractivity contribution < 1.29 is 9.21 Å². The SMILES string of the molecule is Nc1oc2ccccc2c(=O)c1/C=N/NC(=O)c1ccccc1. The van der Waals surface area contributed by atoms with Gasteiger partial charge in [0.1, 0.15) is 11.1 Å². The van der Waals surface area contributed by atoms with Gasteiger partial charge in [-0.25, -0.2) is 5.43 Å². The van der Waals surface area contributed by atoms with Crippen molar-refractivity contribution in [1.29, 1.82) is 0 Å². The van der Waals surface area contributed by atoms with Gasteiger partial charge in [-0.05, 0) is 24.3 Å². The lowest BCUT2D eigenvalue weighted by molar-refractivity contribution is 0.0955. The molecule has 3 aromatic rings. The van der Waals surface area contributed by atoms with Crippen LogP contribution in [0.25, 0.3) is 11.0 Å². The maximum atomic E-state index is 12.4. The second-order valence-electron chi connectivity index (χ2n) is 4.77. The number of nitrogen functional groups attached to an aromatic ring is 1. The average molecular weight is 307 g/mol. The van der Waals surface area contributed by atoms with Gasteiger partial charge in [0, 0.05) is 5.56 Å². The van der Waals surface area contributed by atoms with E-state index in [0.717, 1.165) is 0 Å². The number of hydrogen-bond acceptors (Lipinski definition) is 5. The van der Waals surface area contributed by atoms with Gasteiger partial charge >= 0.3 is 0 Å². The minimum Gasteiger partial charge on any atom is -0.440 e. The molecule has 3 rings (SSSR count). The van der Waals surface area contributed by atoms with Gasteiger partial charge in [-0.1, -0.05) is 30.3 Å². The van der Waals surface area contributed by atoms with E-state index in [4.69, 9.17) is 10.2 Å². The molecule has 0 aliphatic rings. The van der Waals surface area contributed by atoms with Crippen molar-refractivity contribution in [3.63, 3.8) is 0 Å². The number of fused-ring (bicyclic) bond motifs is 1. The summed E-state index contributed by atoms with van der Waals surface area (Å²) >= 11 is 0. The molecule has 0 radical (unpaired) electrons. The number of anilines is 1. The summed E-state index contributed by atoms with van der Waals surface area (Å²) < 4.78 is 5.39. The van der Waals surface area contributed by atoms with E-state index in [0.29, 0.717) is 16.5 Å². The van der Waals surface area contributed by atoms with Gasteiger partial charge in [0.25, 0.3) is 5.91 Å². The van der Waals surface area contributed by atoms with Crippen molar-refractivity contribution >= 4 is 29.0 Å². The van der Waals surface area contributed by atoms with E-state index >= 15 is 0 Å². The molecule has 6 nitrogen and oxygen atoms in total. The molecule has 0 saturated carbocycles. The maximum Gasteiger partial charge on any atom is 0.271 e. The number of para-hydroxylation sites is 1. The number of nitrogens with two attached hydrogens (primary N) is 1. The molecule has 1 amide bonds. The fourth-order valence-electron chi connectivity index (χ4n) is 2.11. The largest absolute Gasteiger partial charge is 0.440 e. The molecule has 0 unspecified atom stereocenters. The molecule has 0 spiro atoms. The third-order valence-corrected chi connectivity index (χ3v) is 3.26. The molecular formula is C17H13N3O3. The summed E-state index contributed by atoms with van der Waals surface area (Å²) in [6.07, 6.45) is 1.19. The Kier molecular flexibility index (Phi) is 3.88. The second kappa shape index (κ2) is 6.15. The summed E-state index contributed by atoms with van der Waals surface area (Å²) in [6, 6.07) is 15.4. The number of nitrogens with one attached hydrogen (secondary N) is 1. The molecule has 3 N–H and O–H groups in total. The van der Waals surface area contributed by atoms with E-state index < -0.39 is 0 Å². The van der Waals surface area contributed by atoms with Gasteiger partial charge in [-0.3, -0.25) is 9.59 Å². The number of rotatable bonds is 3. The number of benzene rings is 2. The first-order chi connectivity index (χ1) is 11.2. The number of nitrogens with zero attached hydrogens (tertiary/aromatic N) is 1.